The SMILES string of the molecule is CNS(=O)(=O)c1cc(C(=O)NCC(F)(F)CN)c(C)o1.Cl. The van der Waals surface area contributed by atoms with Crippen LogP contribution in [0.3, 0.4) is 0 Å². The normalized spacial score (nSPS) is 11.9. The molecule has 1 aromatic rings. The molecule has 0 spiro atoms. The average Bonchev–Trinajstić information content (AvgIpc) is 2.79. The van der Waals surface area contributed by atoms with Crippen molar-refractivity contribution in [3.63, 3.8) is 0 Å². The van der Waals surface area contributed by atoms with E-state index in [4.69, 9.17) is 10.2 Å². The van der Waals surface area contributed by atoms with Crippen LogP contribution in [-0.2, 0) is 10.0 Å². The van der Waals surface area contributed by atoms with E-state index in [1.165, 1.54) is 14.0 Å². The van der Waals surface area contributed by atoms with Gasteiger partial charge in [-0.05, 0) is 14.0 Å². The molecular weight excluding hydrogens is 332 g/mol. The van der Waals surface area contributed by atoms with Gasteiger partial charge in [-0.3, -0.25) is 4.79 Å². The third-order valence-electron chi connectivity index (χ3n) is 2.48. The Morgan fingerprint density at radius 1 is 1.48 bits per heavy atom. The highest BCUT2D eigenvalue weighted by Gasteiger charge is 2.29. The minimum atomic E-state index is -3.85. The van der Waals surface area contributed by atoms with E-state index >= 15 is 0 Å². The summed E-state index contributed by atoms with van der Waals surface area (Å²) in [6.45, 7) is -0.497. The summed E-state index contributed by atoms with van der Waals surface area (Å²) in [4.78, 5) is 11.7. The minimum absolute atomic E-state index is 0. The first kappa shape index (κ1) is 19.8. The van der Waals surface area contributed by atoms with Crippen LogP contribution in [0.2, 0.25) is 0 Å². The van der Waals surface area contributed by atoms with Gasteiger partial charge in [-0.2, -0.15) is 0 Å². The average molecular weight is 348 g/mol. The summed E-state index contributed by atoms with van der Waals surface area (Å²) >= 11 is 0. The Labute approximate surface area is 126 Å². The van der Waals surface area contributed by atoms with E-state index in [0.29, 0.717) is 0 Å². The van der Waals surface area contributed by atoms with Crippen LogP contribution in [0.25, 0.3) is 0 Å². The van der Waals surface area contributed by atoms with Gasteiger partial charge in [-0.15, -0.1) is 12.4 Å². The molecule has 7 nitrogen and oxygen atoms in total. The smallest absolute Gasteiger partial charge is 0.277 e. The minimum Gasteiger partial charge on any atom is -0.448 e. The Balaban J connectivity index is 0.00000400. The Hall–Kier alpha value is -1.23. The second-order valence-electron chi connectivity index (χ2n) is 3.99. The quantitative estimate of drug-likeness (QED) is 0.682. The van der Waals surface area contributed by atoms with Gasteiger partial charge in [0.1, 0.15) is 5.76 Å². The van der Waals surface area contributed by atoms with Gasteiger partial charge in [0, 0.05) is 6.07 Å². The van der Waals surface area contributed by atoms with E-state index in [-0.39, 0.29) is 23.7 Å². The fourth-order valence-electron chi connectivity index (χ4n) is 1.29. The van der Waals surface area contributed by atoms with Crippen LogP contribution in [0.15, 0.2) is 15.6 Å². The van der Waals surface area contributed by atoms with Gasteiger partial charge < -0.3 is 15.5 Å². The molecule has 0 aliphatic heterocycles. The Morgan fingerprint density at radius 3 is 2.52 bits per heavy atom. The second-order valence-corrected chi connectivity index (χ2v) is 5.80. The lowest BCUT2D eigenvalue weighted by Crippen LogP contribution is -2.41. The van der Waals surface area contributed by atoms with E-state index < -0.39 is 40.0 Å². The van der Waals surface area contributed by atoms with Gasteiger partial charge >= 0.3 is 0 Å². The molecule has 0 atom stereocenters. The molecule has 21 heavy (non-hydrogen) atoms. The molecule has 0 aliphatic carbocycles. The molecule has 1 heterocycles. The lowest BCUT2D eigenvalue weighted by Gasteiger charge is -2.14. The number of hydrogen-bond donors (Lipinski definition) is 3. The zero-order valence-corrected chi connectivity index (χ0v) is 12.9. The number of hydrogen-bond acceptors (Lipinski definition) is 5. The summed E-state index contributed by atoms with van der Waals surface area (Å²) in [6.07, 6.45) is 0. The maximum atomic E-state index is 12.9. The lowest BCUT2D eigenvalue weighted by molar-refractivity contribution is 0.0118. The zero-order chi connectivity index (χ0) is 15.6. The molecule has 11 heteroatoms. The van der Waals surface area contributed by atoms with Crippen molar-refractivity contribution in [2.75, 3.05) is 20.1 Å². The van der Waals surface area contributed by atoms with Gasteiger partial charge in [0.15, 0.2) is 0 Å². The summed E-state index contributed by atoms with van der Waals surface area (Å²) in [5.41, 5.74) is 4.70. The molecule has 0 aromatic carbocycles. The molecule has 1 aromatic heterocycles. The van der Waals surface area contributed by atoms with Gasteiger partial charge in [0.05, 0.1) is 18.7 Å². The van der Waals surface area contributed by atoms with Crippen molar-refractivity contribution in [3.05, 3.63) is 17.4 Å². The predicted molar refractivity (Wildman–Crippen MR) is 73.3 cm³/mol. The van der Waals surface area contributed by atoms with Crippen LogP contribution in [-0.4, -0.2) is 40.4 Å². The summed E-state index contributed by atoms with van der Waals surface area (Å²) in [7, 11) is -2.67. The maximum Gasteiger partial charge on any atom is 0.277 e. The molecule has 0 saturated carbocycles. The summed E-state index contributed by atoms with van der Waals surface area (Å²) in [5.74, 6) is -4.09. The van der Waals surface area contributed by atoms with E-state index in [2.05, 4.69) is 0 Å². The van der Waals surface area contributed by atoms with Crippen LogP contribution < -0.4 is 15.8 Å². The van der Waals surface area contributed by atoms with Gasteiger partial charge in [0.2, 0.25) is 5.09 Å². The van der Waals surface area contributed by atoms with Crippen LogP contribution >= 0.6 is 12.4 Å². The number of alkyl halides is 2. The van der Waals surface area contributed by atoms with Crippen LogP contribution in [0, 0.1) is 6.92 Å². The van der Waals surface area contributed by atoms with Crippen molar-refractivity contribution in [1.82, 2.24) is 10.0 Å². The number of nitrogens with one attached hydrogen (secondary N) is 2. The number of furan rings is 1. The zero-order valence-electron chi connectivity index (χ0n) is 11.3. The third-order valence-corrected chi connectivity index (χ3v) is 3.75. The van der Waals surface area contributed by atoms with E-state index in [0.717, 1.165) is 6.07 Å². The lowest BCUT2D eigenvalue weighted by atomic mass is 10.2. The largest absolute Gasteiger partial charge is 0.448 e. The number of carbonyl (C=O) groups excluding carboxylic acids is 1. The molecule has 0 radical (unpaired) electrons. The first-order chi connectivity index (χ1) is 9.13. The number of carbonyl (C=O) groups is 1. The van der Waals surface area contributed by atoms with Crippen molar-refractivity contribution in [3.8, 4) is 0 Å². The standard InChI is InChI=1S/C10H15F2N3O4S.ClH/c1-6-7(3-8(19-6)20(17,18)14-2)9(16)15-5-10(11,12)4-13;/h3,14H,4-5,13H2,1-2H3,(H,15,16);1H. The number of nitrogens with two attached hydrogens (primary N) is 1. The maximum absolute atomic E-state index is 12.9. The monoisotopic (exact) mass is 347 g/mol. The van der Waals surface area contributed by atoms with Crippen molar-refractivity contribution < 1.29 is 26.4 Å². The summed E-state index contributed by atoms with van der Waals surface area (Å²) in [5, 5.41) is 1.51. The Morgan fingerprint density at radius 2 is 2.05 bits per heavy atom. The molecule has 0 fully saturated rings. The highest BCUT2D eigenvalue weighted by molar-refractivity contribution is 7.89. The Kier molecular flexibility index (Phi) is 6.74. The van der Waals surface area contributed by atoms with Crippen molar-refractivity contribution in [1.29, 1.82) is 0 Å². The van der Waals surface area contributed by atoms with E-state index in [1.54, 1.807) is 0 Å². The van der Waals surface area contributed by atoms with Crippen LogP contribution in [0.1, 0.15) is 16.1 Å². The predicted octanol–water partition coefficient (Wildman–Crippen LogP) is 0.242. The number of halogens is 3. The van der Waals surface area contributed by atoms with Gasteiger partial charge in [-0.1, -0.05) is 0 Å². The molecular formula is C10H16ClF2N3O4S. The highest BCUT2D eigenvalue weighted by atomic mass is 35.5. The molecule has 4 N–H and O–H groups in total. The van der Waals surface area contributed by atoms with Crippen LogP contribution in [0.4, 0.5) is 8.78 Å². The molecule has 1 rings (SSSR count). The summed E-state index contributed by atoms with van der Waals surface area (Å²) in [6, 6.07) is 0.969. The number of rotatable bonds is 6. The topological polar surface area (TPSA) is 114 Å². The van der Waals surface area contributed by atoms with Gasteiger partial charge in [0.25, 0.3) is 21.9 Å². The molecule has 122 valence electrons. The van der Waals surface area contributed by atoms with Crippen molar-refractivity contribution >= 4 is 28.3 Å². The third kappa shape index (κ3) is 4.92. The first-order valence-electron chi connectivity index (χ1n) is 5.53. The molecule has 1 amide bonds. The van der Waals surface area contributed by atoms with E-state index in [9.17, 15) is 22.0 Å². The second kappa shape index (κ2) is 7.16. The molecule has 0 aliphatic rings. The fourth-order valence-corrected chi connectivity index (χ4v) is 2.00. The Bertz CT molecular complexity index is 603. The van der Waals surface area contributed by atoms with E-state index in [1.807, 2.05) is 10.0 Å². The molecule has 0 bridgehead atoms. The van der Waals surface area contributed by atoms with Crippen LogP contribution in [0.5, 0.6) is 0 Å². The van der Waals surface area contributed by atoms with Gasteiger partial charge in [-0.25, -0.2) is 21.9 Å². The summed E-state index contributed by atoms with van der Waals surface area (Å²) < 4.78 is 55.7. The van der Waals surface area contributed by atoms with Crippen molar-refractivity contribution in [2.24, 2.45) is 5.73 Å². The molecule has 0 saturated heterocycles. The highest BCUT2D eigenvalue weighted by Crippen LogP contribution is 2.19. The fraction of sp³-hybridized carbons (Fsp3) is 0.500. The first-order valence-corrected chi connectivity index (χ1v) is 7.01. The molecule has 0 unspecified atom stereocenters. The number of sulfonamides is 1. The number of aryl methyl sites for hydroxylation is 1. The number of amides is 1. The van der Waals surface area contributed by atoms with Crippen molar-refractivity contribution in [2.45, 2.75) is 17.9 Å².